The Morgan fingerprint density at radius 1 is 1.17 bits per heavy atom. The number of nitrogens with zero attached hydrogens (tertiary/aromatic N) is 2. The van der Waals surface area contributed by atoms with Crippen LogP contribution in [0.3, 0.4) is 0 Å². The fourth-order valence-electron chi connectivity index (χ4n) is 3.41. The molecule has 0 saturated heterocycles. The maximum atomic E-state index is 5.52. The first kappa shape index (κ1) is 23.1. The van der Waals surface area contributed by atoms with Gasteiger partial charge in [-0.1, -0.05) is 42.0 Å². The summed E-state index contributed by atoms with van der Waals surface area (Å²) in [6.07, 6.45) is 4.41. The lowest BCUT2D eigenvalue weighted by Gasteiger charge is -2.21. The maximum absolute atomic E-state index is 5.52. The number of guanidine groups is 1. The van der Waals surface area contributed by atoms with E-state index in [9.17, 15) is 0 Å². The lowest BCUT2D eigenvalue weighted by atomic mass is 10.0. The highest BCUT2D eigenvalue weighted by Gasteiger charge is 2.13. The van der Waals surface area contributed by atoms with Crippen LogP contribution in [0.25, 0.3) is 0 Å². The van der Waals surface area contributed by atoms with Gasteiger partial charge in [0, 0.05) is 37.9 Å². The topological polar surface area (TPSA) is 48.9 Å². The van der Waals surface area contributed by atoms with Gasteiger partial charge < -0.3 is 20.3 Å². The molecule has 1 aliphatic heterocycles. The lowest BCUT2D eigenvalue weighted by Crippen LogP contribution is -2.38. The second-order valence-electron chi connectivity index (χ2n) is 7.08. The monoisotopic (exact) mass is 506 g/mol. The minimum absolute atomic E-state index is 0. The number of nitrogens with one attached hydrogen (secondary N) is 2. The molecule has 29 heavy (non-hydrogen) atoms. The summed E-state index contributed by atoms with van der Waals surface area (Å²) < 4.78 is 5.52. The summed E-state index contributed by atoms with van der Waals surface area (Å²) in [5.74, 6) is 1.65. The van der Waals surface area contributed by atoms with Crippen molar-refractivity contribution in [2.75, 3.05) is 32.1 Å². The van der Waals surface area contributed by atoms with E-state index >= 15 is 0 Å². The smallest absolute Gasteiger partial charge is 0.191 e. The molecular formula is C23H31IN4O. The molecule has 2 aromatic rings. The lowest BCUT2D eigenvalue weighted by molar-refractivity contribution is 0.405. The van der Waals surface area contributed by atoms with Gasteiger partial charge in [0.1, 0.15) is 5.75 Å². The number of hydrogen-bond donors (Lipinski definition) is 2. The van der Waals surface area contributed by atoms with Gasteiger partial charge in [0.25, 0.3) is 0 Å². The van der Waals surface area contributed by atoms with E-state index in [-0.39, 0.29) is 30.0 Å². The number of benzene rings is 2. The van der Waals surface area contributed by atoms with Crippen molar-refractivity contribution in [3.63, 3.8) is 0 Å². The van der Waals surface area contributed by atoms with Crippen molar-refractivity contribution >= 4 is 35.6 Å². The van der Waals surface area contributed by atoms with Crippen molar-refractivity contribution in [3.8, 4) is 5.75 Å². The highest BCUT2D eigenvalue weighted by atomic mass is 127. The Balaban J connectivity index is 0.00000300. The minimum atomic E-state index is 0. The van der Waals surface area contributed by atoms with E-state index < -0.39 is 0 Å². The van der Waals surface area contributed by atoms with Crippen molar-refractivity contribution in [2.45, 2.75) is 26.4 Å². The molecule has 156 valence electrons. The number of anilines is 1. The van der Waals surface area contributed by atoms with E-state index in [1.165, 1.54) is 16.8 Å². The molecule has 1 unspecified atom stereocenters. The van der Waals surface area contributed by atoms with Gasteiger partial charge in [0.2, 0.25) is 0 Å². The average molecular weight is 506 g/mol. The molecule has 0 fully saturated rings. The number of aliphatic imine (C=N–C) groups is 1. The Morgan fingerprint density at radius 3 is 2.62 bits per heavy atom. The molecule has 1 heterocycles. The van der Waals surface area contributed by atoms with E-state index in [1.54, 1.807) is 14.2 Å². The molecule has 0 aliphatic carbocycles. The van der Waals surface area contributed by atoms with Crippen LogP contribution in [0.2, 0.25) is 0 Å². The number of hydrogen-bond acceptors (Lipinski definition) is 3. The predicted octanol–water partition coefficient (Wildman–Crippen LogP) is 4.42. The molecule has 0 amide bonds. The SMILES string of the molecule is CN=C(NCc1cccc(N2CC=CC2)c1)NC(C)c1cc(C)ccc1OC.I. The zero-order chi connectivity index (χ0) is 19.9. The number of aryl methyl sites for hydroxylation is 1. The Kier molecular flexibility index (Phi) is 8.82. The van der Waals surface area contributed by atoms with Crippen LogP contribution in [-0.4, -0.2) is 33.2 Å². The number of rotatable bonds is 6. The molecule has 2 aromatic carbocycles. The summed E-state index contributed by atoms with van der Waals surface area (Å²) in [4.78, 5) is 6.73. The first-order valence-corrected chi connectivity index (χ1v) is 9.71. The van der Waals surface area contributed by atoms with E-state index in [0.29, 0.717) is 6.54 Å². The average Bonchev–Trinajstić information content (AvgIpc) is 3.26. The summed E-state index contributed by atoms with van der Waals surface area (Å²) >= 11 is 0. The van der Waals surface area contributed by atoms with E-state index in [4.69, 9.17) is 4.74 Å². The molecule has 0 saturated carbocycles. The van der Waals surface area contributed by atoms with Crippen LogP contribution in [0, 0.1) is 6.92 Å². The van der Waals surface area contributed by atoms with Crippen molar-refractivity contribution in [1.29, 1.82) is 0 Å². The molecule has 0 spiro atoms. The minimum Gasteiger partial charge on any atom is -0.496 e. The van der Waals surface area contributed by atoms with E-state index in [0.717, 1.165) is 30.4 Å². The predicted molar refractivity (Wildman–Crippen MR) is 133 cm³/mol. The third kappa shape index (κ3) is 6.13. The van der Waals surface area contributed by atoms with Gasteiger partial charge in [-0.3, -0.25) is 4.99 Å². The van der Waals surface area contributed by atoms with Crippen molar-refractivity contribution in [1.82, 2.24) is 10.6 Å². The molecule has 1 atom stereocenters. The van der Waals surface area contributed by atoms with Gasteiger partial charge >= 0.3 is 0 Å². The Labute approximate surface area is 191 Å². The highest BCUT2D eigenvalue weighted by Crippen LogP contribution is 2.26. The van der Waals surface area contributed by atoms with E-state index in [2.05, 4.69) is 82.9 Å². The van der Waals surface area contributed by atoms with Crippen LogP contribution in [0.1, 0.15) is 29.7 Å². The van der Waals surface area contributed by atoms with Gasteiger partial charge in [0.15, 0.2) is 5.96 Å². The summed E-state index contributed by atoms with van der Waals surface area (Å²) in [7, 11) is 3.50. The maximum Gasteiger partial charge on any atom is 0.191 e. The third-order valence-corrected chi connectivity index (χ3v) is 4.98. The first-order valence-electron chi connectivity index (χ1n) is 9.71. The molecule has 0 radical (unpaired) electrons. The number of ether oxygens (including phenoxy) is 1. The van der Waals surface area contributed by atoms with Crippen LogP contribution in [-0.2, 0) is 6.54 Å². The van der Waals surface area contributed by atoms with Crippen LogP contribution in [0.5, 0.6) is 5.75 Å². The van der Waals surface area contributed by atoms with Gasteiger partial charge in [-0.2, -0.15) is 0 Å². The van der Waals surface area contributed by atoms with Gasteiger partial charge in [-0.25, -0.2) is 0 Å². The fourth-order valence-corrected chi connectivity index (χ4v) is 3.41. The van der Waals surface area contributed by atoms with Gasteiger partial charge in [0.05, 0.1) is 13.2 Å². The van der Waals surface area contributed by atoms with Crippen LogP contribution >= 0.6 is 24.0 Å². The van der Waals surface area contributed by atoms with Crippen LogP contribution in [0.15, 0.2) is 59.6 Å². The molecule has 5 nitrogen and oxygen atoms in total. The normalized spacial score (nSPS) is 14.3. The van der Waals surface area contributed by atoms with Crippen molar-refractivity contribution in [2.24, 2.45) is 4.99 Å². The molecule has 6 heteroatoms. The molecule has 2 N–H and O–H groups in total. The van der Waals surface area contributed by atoms with E-state index in [1.807, 2.05) is 6.07 Å². The van der Waals surface area contributed by atoms with Gasteiger partial charge in [-0.15, -0.1) is 24.0 Å². The Hall–Kier alpha value is -2.22. The summed E-state index contributed by atoms with van der Waals surface area (Å²) in [6, 6.07) is 14.9. The van der Waals surface area contributed by atoms with Crippen molar-refractivity contribution < 1.29 is 4.74 Å². The fraction of sp³-hybridized carbons (Fsp3) is 0.348. The number of methoxy groups -OCH3 is 1. The van der Waals surface area contributed by atoms with Crippen LogP contribution < -0.4 is 20.3 Å². The number of halogens is 1. The van der Waals surface area contributed by atoms with Crippen molar-refractivity contribution in [3.05, 3.63) is 71.3 Å². The Morgan fingerprint density at radius 2 is 1.93 bits per heavy atom. The standard InChI is InChI=1S/C23H30N4O.HI/c1-17-10-11-22(28-4)21(14-17)18(2)26-23(24-3)25-16-19-8-7-9-20(15-19)27-12-5-6-13-27;/h5-11,14-15,18H,12-13,16H2,1-4H3,(H2,24,25,26);1H. The molecule has 1 aliphatic rings. The van der Waals surface area contributed by atoms with Crippen LogP contribution in [0.4, 0.5) is 5.69 Å². The largest absolute Gasteiger partial charge is 0.496 e. The summed E-state index contributed by atoms with van der Waals surface area (Å²) in [5, 5.41) is 6.88. The zero-order valence-corrected chi connectivity index (χ0v) is 19.9. The highest BCUT2D eigenvalue weighted by molar-refractivity contribution is 14.0. The molecular weight excluding hydrogens is 475 g/mol. The zero-order valence-electron chi connectivity index (χ0n) is 17.6. The molecule has 0 bridgehead atoms. The quantitative estimate of drug-likeness (QED) is 0.264. The molecule has 3 rings (SSSR count). The summed E-state index contributed by atoms with van der Waals surface area (Å²) in [5.41, 5.74) is 4.81. The summed E-state index contributed by atoms with van der Waals surface area (Å²) in [6.45, 7) is 6.88. The third-order valence-electron chi connectivity index (χ3n) is 4.98. The first-order chi connectivity index (χ1) is 13.6. The second kappa shape index (κ2) is 11.1. The van der Waals surface area contributed by atoms with Gasteiger partial charge in [-0.05, 0) is 37.6 Å². The second-order valence-corrected chi connectivity index (χ2v) is 7.08. The molecule has 0 aromatic heterocycles. The Bertz CT molecular complexity index is 858.